The van der Waals surface area contributed by atoms with Crippen LogP contribution in [0.4, 0.5) is 11.4 Å². The number of nitrogen functional groups attached to an aromatic ring is 1. The molecule has 3 rings (SSSR count). The number of anilines is 2. The molecule has 0 aromatic heterocycles. The maximum Gasteiger partial charge on any atom is 0.494 e. The standard InChI is InChI=1S/C19H25BN2O2/c1-18(2)19(3,4)24-20(23-18)15-10-11-17(21)14(12-15)13-22-16-8-6-5-7-9-16/h5-12,22H,13,21H2,1-4H3. The number of hydrogen-bond acceptors (Lipinski definition) is 4. The van der Waals surface area contributed by atoms with Gasteiger partial charge in [0, 0.05) is 17.9 Å². The Labute approximate surface area is 144 Å². The zero-order chi connectivity index (χ0) is 17.4. The molecule has 0 unspecified atom stereocenters. The van der Waals surface area contributed by atoms with Crippen LogP contribution in [0.1, 0.15) is 33.3 Å². The van der Waals surface area contributed by atoms with Gasteiger partial charge >= 0.3 is 7.12 Å². The number of nitrogens with one attached hydrogen (secondary N) is 1. The molecule has 0 bridgehead atoms. The lowest BCUT2D eigenvalue weighted by Gasteiger charge is -2.32. The molecule has 126 valence electrons. The maximum absolute atomic E-state index is 6.14. The monoisotopic (exact) mass is 324 g/mol. The molecule has 1 heterocycles. The summed E-state index contributed by atoms with van der Waals surface area (Å²) in [6, 6.07) is 16.0. The first-order valence-electron chi connectivity index (χ1n) is 8.31. The van der Waals surface area contributed by atoms with Crippen LogP contribution in [-0.2, 0) is 15.9 Å². The van der Waals surface area contributed by atoms with Gasteiger partial charge in [-0.1, -0.05) is 30.3 Å². The van der Waals surface area contributed by atoms with E-state index in [-0.39, 0.29) is 18.3 Å². The van der Waals surface area contributed by atoms with Crippen molar-refractivity contribution in [3.63, 3.8) is 0 Å². The molecule has 1 aliphatic rings. The molecule has 0 radical (unpaired) electrons. The largest absolute Gasteiger partial charge is 0.494 e. The minimum Gasteiger partial charge on any atom is -0.399 e. The molecule has 0 amide bonds. The Kier molecular flexibility index (Phi) is 4.32. The Bertz CT molecular complexity index is 701. The first-order valence-corrected chi connectivity index (χ1v) is 8.31. The lowest BCUT2D eigenvalue weighted by atomic mass is 9.78. The first-order chi connectivity index (χ1) is 11.3. The minimum atomic E-state index is -0.369. The van der Waals surface area contributed by atoms with Crippen LogP contribution >= 0.6 is 0 Å². The third kappa shape index (κ3) is 3.28. The average molecular weight is 324 g/mol. The number of nitrogens with two attached hydrogens (primary N) is 1. The van der Waals surface area contributed by atoms with Crippen molar-refractivity contribution in [1.29, 1.82) is 0 Å². The van der Waals surface area contributed by atoms with Crippen LogP contribution in [0.15, 0.2) is 48.5 Å². The summed E-state index contributed by atoms with van der Waals surface area (Å²) < 4.78 is 12.2. The molecule has 1 fully saturated rings. The quantitative estimate of drug-likeness (QED) is 0.670. The fraction of sp³-hybridized carbons (Fsp3) is 0.368. The normalized spacial score (nSPS) is 18.6. The van der Waals surface area contributed by atoms with E-state index in [0.29, 0.717) is 6.54 Å². The molecule has 2 aromatic rings. The van der Waals surface area contributed by atoms with Gasteiger partial charge in [-0.05, 0) is 56.9 Å². The highest BCUT2D eigenvalue weighted by Crippen LogP contribution is 2.36. The van der Waals surface area contributed by atoms with Gasteiger partial charge < -0.3 is 20.4 Å². The third-order valence-electron chi connectivity index (χ3n) is 4.95. The molecule has 0 aliphatic carbocycles. The second-order valence-corrected chi connectivity index (χ2v) is 7.27. The summed E-state index contributed by atoms with van der Waals surface area (Å²) in [5.41, 5.74) is 9.30. The van der Waals surface area contributed by atoms with E-state index >= 15 is 0 Å². The van der Waals surface area contributed by atoms with Gasteiger partial charge in [0.15, 0.2) is 0 Å². The van der Waals surface area contributed by atoms with Crippen LogP contribution in [0.5, 0.6) is 0 Å². The molecule has 2 aromatic carbocycles. The van der Waals surface area contributed by atoms with E-state index in [9.17, 15) is 0 Å². The van der Waals surface area contributed by atoms with Crippen LogP contribution in [0.3, 0.4) is 0 Å². The number of benzene rings is 2. The molecule has 0 saturated carbocycles. The van der Waals surface area contributed by atoms with E-state index in [4.69, 9.17) is 15.0 Å². The van der Waals surface area contributed by atoms with Crippen LogP contribution in [0.25, 0.3) is 0 Å². The summed E-state index contributed by atoms with van der Waals surface area (Å²) in [5.74, 6) is 0. The lowest BCUT2D eigenvalue weighted by molar-refractivity contribution is 0.00578. The Morgan fingerprint density at radius 3 is 2.21 bits per heavy atom. The molecular weight excluding hydrogens is 299 g/mol. The predicted molar refractivity (Wildman–Crippen MR) is 100 cm³/mol. The van der Waals surface area contributed by atoms with Crippen LogP contribution < -0.4 is 16.5 Å². The summed E-state index contributed by atoms with van der Waals surface area (Å²) in [5, 5.41) is 3.39. The fourth-order valence-electron chi connectivity index (χ4n) is 2.66. The van der Waals surface area contributed by atoms with E-state index in [1.54, 1.807) is 0 Å². The summed E-state index contributed by atoms with van der Waals surface area (Å²) in [7, 11) is -0.369. The number of para-hydroxylation sites is 1. The summed E-state index contributed by atoms with van der Waals surface area (Å²) in [4.78, 5) is 0. The SMILES string of the molecule is CC1(C)OB(c2ccc(N)c(CNc3ccccc3)c2)OC1(C)C. The molecule has 1 saturated heterocycles. The summed E-state index contributed by atoms with van der Waals surface area (Å²) >= 11 is 0. The highest BCUT2D eigenvalue weighted by Gasteiger charge is 2.51. The lowest BCUT2D eigenvalue weighted by Crippen LogP contribution is -2.41. The van der Waals surface area contributed by atoms with E-state index < -0.39 is 0 Å². The first kappa shape index (κ1) is 16.9. The zero-order valence-corrected chi connectivity index (χ0v) is 14.8. The van der Waals surface area contributed by atoms with Crippen molar-refractivity contribution in [3.8, 4) is 0 Å². The summed E-state index contributed by atoms with van der Waals surface area (Å²) in [6.45, 7) is 8.89. The molecule has 0 spiro atoms. The second-order valence-electron chi connectivity index (χ2n) is 7.27. The van der Waals surface area contributed by atoms with E-state index in [1.807, 2.05) is 42.5 Å². The third-order valence-corrected chi connectivity index (χ3v) is 4.95. The molecule has 0 atom stereocenters. The Hall–Kier alpha value is -1.98. The van der Waals surface area contributed by atoms with E-state index in [2.05, 4.69) is 39.1 Å². The van der Waals surface area contributed by atoms with Gasteiger partial charge in [-0.25, -0.2) is 0 Å². The Morgan fingerprint density at radius 1 is 0.958 bits per heavy atom. The topological polar surface area (TPSA) is 56.5 Å². The van der Waals surface area contributed by atoms with Gasteiger partial charge in [0.25, 0.3) is 0 Å². The van der Waals surface area contributed by atoms with Gasteiger partial charge in [-0.15, -0.1) is 0 Å². The van der Waals surface area contributed by atoms with Crippen molar-refractivity contribution < 1.29 is 9.31 Å². The molecular formula is C19H25BN2O2. The minimum absolute atomic E-state index is 0.346. The van der Waals surface area contributed by atoms with Gasteiger partial charge in [0.1, 0.15) is 0 Å². The molecule has 24 heavy (non-hydrogen) atoms. The van der Waals surface area contributed by atoms with Gasteiger partial charge in [0.05, 0.1) is 11.2 Å². The van der Waals surface area contributed by atoms with Gasteiger partial charge in [-0.2, -0.15) is 0 Å². The van der Waals surface area contributed by atoms with Crippen molar-refractivity contribution in [2.45, 2.75) is 45.4 Å². The molecule has 4 nitrogen and oxygen atoms in total. The van der Waals surface area contributed by atoms with Crippen molar-refractivity contribution in [2.24, 2.45) is 0 Å². The van der Waals surface area contributed by atoms with Gasteiger partial charge in [-0.3, -0.25) is 0 Å². The van der Waals surface area contributed by atoms with Crippen LogP contribution in [0, 0.1) is 0 Å². The number of hydrogen-bond donors (Lipinski definition) is 2. The zero-order valence-electron chi connectivity index (χ0n) is 14.8. The molecule has 5 heteroatoms. The van der Waals surface area contributed by atoms with Crippen molar-refractivity contribution in [1.82, 2.24) is 0 Å². The highest BCUT2D eigenvalue weighted by molar-refractivity contribution is 6.62. The van der Waals surface area contributed by atoms with Crippen molar-refractivity contribution >= 4 is 24.0 Å². The van der Waals surface area contributed by atoms with Crippen LogP contribution in [0.2, 0.25) is 0 Å². The van der Waals surface area contributed by atoms with Gasteiger partial charge in [0.2, 0.25) is 0 Å². The second kappa shape index (κ2) is 6.15. The Morgan fingerprint density at radius 2 is 1.58 bits per heavy atom. The summed E-state index contributed by atoms with van der Waals surface area (Å²) in [6.07, 6.45) is 0. The van der Waals surface area contributed by atoms with E-state index in [1.165, 1.54) is 0 Å². The number of rotatable bonds is 4. The smallest absolute Gasteiger partial charge is 0.399 e. The maximum atomic E-state index is 6.14. The Balaban J connectivity index is 1.77. The average Bonchev–Trinajstić information content (AvgIpc) is 2.75. The predicted octanol–water partition coefficient (Wildman–Crippen LogP) is 3.18. The van der Waals surface area contributed by atoms with E-state index in [0.717, 1.165) is 22.4 Å². The van der Waals surface area contributed by atoms with Crippen molar-refractivity contribution in [3.05, 3.63) is 54.1 Å². The molecule has 3 N–H and O–H groups in total. The fourth-order valence-corrected chi connectivity index (χ4v) is 2.66. The highest BCUT2D eigenvalue weighted by atomic mass is 16.7. The molecule has 1 aliphatic heterocycles. The van der Waals surface area contributed by atoms with Crippen molar-refractivity contribution in [2.75, 3.05) is 11.1 Å². The van der Waals surface area contributed by atoms with Crippen LogP contribution in [-0.4, -0.2) is 18.3 Å².